The second-order valence-corrected chi connectivity index (χ2v) is 6.77. The minimum atomic E-state index is -0.596. The van der Waals surface area contributed by atoms with Gasteiger partial charge in [-0.2, -0.15) is 0 Å². The van der Waals surface area contributed by atoms with Crippen LogP contribution in [0.2, 0.25) is 5.02 Å². The van der Waals surface area contributed by atoms with Gasteiger partial charge in [0.05, 0.1) is 25.6 Å². The van der Waals surface area contributed by atoms with Crippen LogP contribution in [0.25, 0.3) is 0 Å². The van der Waals surface area contributed by atoms with Gasteiger partial charge in [0.1, 0.15) is 11.1 Å². The van der Waals surface area contributed by atoms with Gasteiger partial charge in [0.25, 0.3) is 11.6 Å². The topological polar surface area (TPSA) is 76.7 Å². The van der Waals surface area contributed by atoms with Crippen LogP contribution in [0, 0.1) is 10.1 Å². The van der Waals surface area contributed by atoms with Crippen LogP contribution in [0.3, 0.4) is 0 Å². The Hall–Kier alpha value is -2.44. The van der Waals surface area contributed by atoms with E-state index < -0.39 is 4.92 Å². The normalized spacial score (nSPS) is 12.0. The molecule has 2 rings (SSSR count). The highest BCUT2D eigenvalue weighted by Gasteiger charge is 2.21. The molecule has 2 aromatic rings. The fourth-order valence-corrected chi connectivity index (χ4v) is 2.92. The Bertz CT molecular complexity index is 791. The van der Waals surface area contributed by atoms with Gasteiger partial charge in [-0.15, -0.1) is 0 Å². The molecule has 0 aromatic heterocycles. The summed E-state index contributed by atoms with van der Waals surface area (Å²) < 4.78 is 0. The number of carbonyl (C=O) groups excluding carboxylic acids is 1. The lowest BCUT2D eigenvalue weighted by Gasteiger charge is -2.22. The second-order valence-electron chi connectivity index (χ2n) is 6.36. The van der Waals surface area contributed by atoms with Crippen LogP contribution in [-0.4, -0.2) is 31.5 Å². The summed E-state index contributed by atoms with van der Waals surface area (Å²) in [5, 5.41) is 13.9. The van der Waals surface area contributed by atoms with Crippen molar-refractivity contribution in [3.05, 3.63) is 74.3 Å². The number of quaternary nitrogens is 1. The van der Waals surface area contributed by atoms with E-state index in [0.29, 0.717) is 6.54 Å². The van der Waals surface area contributed by atoms with E-state index in [1.165, 1.54) is 28.7 Å². The van der Waals surface area contributed by atoms with Gasteiger partial charge in [0.2, 0.25) is 0 Å². The number of nitro groups is 1. The van der Waals surface area contributed by atoms with Crippen molar-refractivity contribution in [1.82, 2.24) is 5.32 Å². The van der Waals surface area contributed by atoms with Gasteiger partial charge in [-0.1, -0.05) is 42.8 Å². The number of halogens is 1. The van der Waals surface area contributed by atoms with Crippen LogP contribution in [0.4, 0.5) is 5.69 Å². The smallest absolute Gasteiger partial charge is 0.288 e. The molecule has 0 radical (unpaired) electrons. The molecule has 0 unspecified atom stereocenters. The first-order valence-corrected chi connectivity index (χ1v) is 8.82. The lowest BCUT2D eigenvalue weighted by molar-refractivity contribution is -0.890. The van der Waals surface area contributed by atoms with Crippen LogP contribution >= 0.6 is 11.6 Å². The lowest BCUT2D eigenvalue weighted by Crippen LogP contribution is -3.07. The van der Waals surface area contributed by atoms with Gasteiger partial charge >= 0.3 is 0 Å². The summed E-state index contributed by atoms with van der Waals surface area (Å²) in [4.78, 5) is 24.0. The third-order valence-corrected chi connectivity index (χ3v) is 4.68. The summed E-state index contributed by atoms with van der Waals surface area (Å²) in [5.41, 5.74) is 2.34. The third-order valence-electron chi connectivity index (χ3n) is 4.36. The maximum atomic E-state index is 12.4. The molecule has 0 saturated carbocycles. The zero-order valence-corrected chi connectivity index (χ0v) is 15.8. The minimum absolute atomic E-state index is 0.0122. The molecule has 6 nitrogen and oxygen atoms in total. The first kappa shape index (κ1) is 19.9. The van der Waals surface area contributed by atoms with E-state index in [1.54, 1.807) is 0 Å². The molecule has 0 aliphatic rings. The number of amides is 1. The van der Waals surface area contributed by atoms with E-state index >= 15 is 0 Å². The zero-order chi connectivity index (χ0) is 19.3. The maximum absolute atomic E-state index is 12.4. The Labute approximate surface area is 157 Å². The van der Waals surface area contributed by atoms with Crippen LogP contribution in [-0.2, 0) is 6.42 Å². The summed E-state index contributed by atoms with van der Waals surface area (Å²) in [6, 6.07) is 12.5. The van der Waals surface area contributed by atoms with Crippen LogP contribution < -0.4 is 10.2 Å². The Balaban J connectivity index is 2.12. The van der Waals surface area contributed by atoms with Gasteiger partial charge in [-0.05, 0) is 24.1 Å². The van der Waals surface area contributed by atoms with Crippen molar-refractivity contribution in [1.29, 1.82) is 0 Å². The van der Waals surface area contributed by atoms with Gasteiger partial charge in [0.15, 0.2) is 0 Å². The summed E-state index contributed by atoms with van der Waals surface area (Å²) in [7, 11) is 4.05. The van der Waals surface area contributed by atoms with E-state index in [4.69, 9.17) is 11.6 Å². The first-order valence-electron chi connectivity index (χ1n) is 8.44. The number of rotatable bonds is 7. The largest absolute Gasteiger partial charge is 0.346 e. The standard InChI is InChI=1S/C19H22ClN3O3/c1-4-13-5-7-14(8-6-13)18(22(2)3)12-21-19(24)15-9-10-16(20)17(11-15)23(25)26/h5-11,18H,4,12H2,1-3H3,(H,21,24)/p+1/t18-/m1/s1. The molecule has 1 atom stereocenters. The summed E-state index contributed by atoms with van der Waals surface area (Å²) in [6.45, 7) is 2.53. The molecule has 0 bridgehead atoms. The van der Waals surface area contributed by atoms with Crippen molar-refractivity contribution >= 4 is 23.2 Å². The zero-order valence-electron chi connectivity index (χ0n) is 15.1. The summed E-state index contributed by atoms with van der Waals surface area (Å²) in [6.07, 6.45) is 0.978. The Morgan fingerprint density at radius 1 is 1.23 bits per heavy atom. The predicted molar refractivity (Wildman–Crippen MR) is 102 cm³/mol. The molecule has 0 spiro atoms. The van der Waals surface area contributed by atoms with Gasteiger partial charge < -0.3 is 10.2 Å². The third kappa shape index (κ3) is 4.80. The quantitative estimate of drug-likeness (QED) is 0.575. The number of nitro benzene ring substituents is 1. The van der Waals surface area contributed by atoms with E-state index in [-0.39, 0.29) is 28.2 Å². The molecule has 26 heavy (non-hydrogen) atoms. The summed E-state index contributed by atoms with van der Waals surface area (Å²) >= 11 is 5.79. The molecule has 0 saturated heterocycles. The minimum Gasteiger partial charge on any atom is -0.346 e. The number of carbonyl (C=O) groups is 1. The SMILES string of the molecule is CCc1ccc([C@@H](CNC(=O)c2ccc(Cl)c([N+](=O)[O-])c2)[NH+](C)C)cc1. The molecule has 0 aliphatic heterocycles. The highest BCUT2D eigenvalue weighted by atomic mass is 35.5. The molecule has 0 heterocycles. The predicted octanol–water partition coefficient (Wildman–Crippen LogP) is 2.43. The first-order chi connectivity index (χ1) is 12.3. The van der Waals surface area contributed by atoms with Crippen molar-refractivity contribution < 1.29 is 14.6 Å². The fourth-order valence-electron chi connectivity index (χ4n) is 2.73. The number of likely N-dealkylation sites (N-methyl/N-ethyl adjacent to an activating group) is 1. The van der Waals surface area contributed by atoms with Crippen molar-refractivity contribution in [2.45, 2.75) is 19.4 Å². The molecular weight excluding hydrogens is 354 g/mol. The van der Waals surface area contributed by atoms with Crippen LogP contribution in [0.15, 0.2) is 42.5 Å². The lowest BCUT2D eigenvalue weighted by atomic mass is 10.0. The van der Waals surface area contributed by atoms with Crippen LogP contribution in [0.5, 0.6) is 0 Å². The highest BCUT2D eigenvalue weighted by Crippen LogP contribution is 2.25. The van der Waals surface area contributed by atoms with E-state index in [2.05, 4.69) is 36.5 Å². The number of nitrogens with one attached hydrogen (secondary N) is 2. The Kier molecular flexibility index (Phi) is 6.71. The van der Waals surface area contributed by atoms with Gasteiger partial charge in [-0.3, -0.25) is 14.9 Å². The molecule has 0 fully saturated rings. The monoisotopic (exact) mass is 376 g/mol. The number of hydrogen-bond donors (Lipinski definition) is 2. The fraction of sp³-hybridized carbons (Fsp3) is 0.316. The highest BCUT2D eigenvalue weighted by molar-refractivity contribution is 6.32. The number of hydrogen-bond acceptors (Lipinski definition) is 3. The van der Waals surface area contributed by atoms with Gasteiger partial charge in [0, 0.05) is 17.2 Å². The van der Waals surface area contributed by atoms with Crippen molar-refractivity contribution in [3.63, 3.8) is 0 Å². The summed E-state index contributed by atoms with van der Waals surface area (Å²) in [5.74, 6) is -0.360. The molecule has 138 valence electrons. The van der Waals surface area contributed by atoms with Crippen LogP contribution in [0.1, 0.15) is 34.5 Å². The second kappa shape index (κ2) is 8.78. The molecule has 7 heteroatoms. The van der Waals surface area contributed by atoms with Gasteiger partial charge in [-0.25, -0.2) is 0 Å². The van der Waals surface area contributed by atoms with E-state index in [9.17, 15) is 14.9 Å². The Morgan fingerprint density at radius 3 is 2.42 bits per heavy atom. The van der Waals surface area contributed by atoms with Crippen molar-refractivity contribution in [2.75, 3.05) is 20.6 Å². The average Bonchev–Trinajstić information content (AvgIpc) is 2.62. The molecular formula is C19H23ClN3O3+. The Morgan fingerprint density at radius 2 is 1.88 bits per heavy atom. The molecule has 2 N–H and O–H groups in total. The molecule has 0 aliphatic carbocycles. The molecule has 2 aromatic carbocycles. The number of nitrogens with zero attached hydrogens (tertiary/aromatic N) is 1. The van der Waals surface area contributed by atoms with E-state index in [0.717, 1.165) is 12.0 Å². The average molecular weight is 377 g/mol. The van der Waals surface area contributed by atoms with Crippen molar-refractivity contribution in [2.24, 2.45) is 0 Å². The maximum Gasteiger partial charge on any atom is 0.288 e. The number of benzene rings is 2. The van der Waals surface area contributed by atoms with E-state index in [1.807, 2.05) is 14.1 Å². The van der Waals surface area contributed by atoms with Crippen molar-refractivity contribution in [3.8, 4) is 0 Å². The number of aryl methyl sites for hydroxylation is 1. The molecule has 1 amide bonds.